The van der Waals surface area contributed by atoms with Crippen LogP contribution in [-0.2, 0) is 4.79 Å². The topological polar surface area (TPSA) is 49.3 Å². The van der Waals surface area contributed by atoms with Crippen molar-refractivity contribution in [1.82, 2.24) is 0 Å². The van der Waals surface area contributed by atoms with Crippen molar-refractivity contribution in [3.05, 3.63) is 52.0 Å². The van der Waals surface area contributed by atoms with Crippen LogP contribution in [0.15, 0.2) is 44.6 Å². The lowest BCUT2D eigenvalue weighted by Crippen LogP contribution is -2.10. The Hall–Kier alpha value is -1.44. The number of aliphatic hydroxyl groups is 1. The van der Waals surface area contributed by atoms with Crippen molar-refractivity contribution in [2.75, 3.05) is 5.32 Å². The van der Waals surface area contributed by atoms with Crippen molar-refractivity contribution in [2.24, 2.45) is 0 Å². The van der Waals surface area contributed by atoms with Crippen molar-refractivity contribution in [3.63, 3.8) is 0 Å². The highest BCUT2D eigenvalue weighted by atomic mass is 79.9. The maximum atomic E-state index is 13.7. The summed E-state index contributed by atoms with van der Waals surface area (Å²) in [5.41, 5.74) is 0.922. The highest BCUT2D eigenvalue weighted by molar-refractivity contribution is 9.10. The molecule has 0 aromatic heterocycles. The van der Waals surface area contributed by atoms with Crippen LogP contribution in [0.1, 0.15) is 11.7 Å². The summed E-state index contributed by atoms with van der Waals surface area (Å²) in [6.07, 6.45) is -1.21. The van der Waals surface area contributed by atoms with Gasteiger partial charge in [0.15, 0.2) is 6.10 Å². The van der Waals surface area contributed by atoms with Crippen LogP contribution < -0.4 is 5.32 Å². The number of amides is 1. The summed E-state index contributed by atoms with van der Waals surface area (Å²) in [5.74, 6) is -1.56. The minimum absolute atomic E-state index is 0.139. The summed E-state index contributed by atoms with van der Waals surface area (Å²) in [6, 6.07) is 6.42. The number of hydrogen-bond donors (Lipinski definition) is 2. The number of hydrogen-bond acceptors (Lipinski definition) is 3. The van der Waals surface area contributed by atoms with E-state index in [2.05, 4.69) is 21.2 Å². The molecule has 1 unspecified atom stereocenters. The first-order valence-electron chi connectivity index (χ1n) is 5.91. The lowest BCUT2D eigenvalue weighted by atomic mass is 10.1. The Bertz CT molecular complexity index is 754. The first-order chi connectivity index (χ1) is 9.95. The zero-order chi connectivity index (χ0) is 15.1. The van der Waals surface area contributed by atoms with Crippen molar-refractivity contribution in [3.8, 4) is 0 Å². The van der Waals surface area contributed by atoms with Crippen molar-refractivity contribution >= 4 is 39.3 Å². The second kappa shape index (κ2) is 5.40. The van der Waals surface area contributed by atoms with Gasteiger partial charge >= 0.3 is 0 Å². The van der Waals surface area contributed by atoms with E-state index in [4.69, 9.17) is 0 Å². The normalized spacial score (nSPS) is 16.8. The van der Waals surface area contributed by atoms with E-state index in [1.165, 1.54) is 0 Å². The fourth-order valence-corrected chi connectivity index (χ4v) is 3.51. The number of nitrogens with one attached hydrogen (secondary N) is 1. The second-order valence-electron chi connectivity index (χ2n) is 4.44. The summed E-state index contributed by atoms with van der Waals surface area (Å²) in [4.78, 5) is 12.2. The zero-order valence-corrected chi connectivity index (χ0v) is 12.8. The third kappa shape index (κ3) is 2.68. The van der Waals surface area contributed by atoms with E-state index in [0.717, 1.165) is 30.0 Å². The Morgan fingerprint density at radius 2 is 1.95 bits per heavy atom. The molecular formula is C14H8BrF2NO2S. The molecule has 0 spiro atoms. The highest BCUT2D eigenvalue weighted by Crippen LogP contribution is 2.41. The van der Waals surface area contributed by atoms with Crippen molar-refractivity contribution in [1.29, 1.82) is 0 Å². The molecule has 0 radical (unpaired) electrons. The van der Waals surface area contributed by atoms with Gasteiger partial charge in [0.25, 0.3) is 5.91 Å². The van der Waals surface area contributed by atoms with Gasteiger partial charge in [-0.25, -0.2) is 8.78 Å². The van der Waals surface area contributed by atoms with Crippen LogP contribution in [0.25, 0.3) is 0 Å². The molecular weight excluding hydrogens is 364 g/mol. The Morgan fingerprint density at radius 3 is 2.71 bits per heavy atom. The van der Waals surface area contributed by atoms with Gasteiger partial charge in [-0.1, -0.05) is 11.8 Å². The van der Waals surface area contributed by atoms with Crippen LogP contribution in [0.3, 0.4) is 0 Å². The fourth-order valence-electron chi connectivity index (χ4n) is 2.00. The van der Waals surface area contributed by atoms with Crippen LogP contribution >= 0.6 is 27.7 Å². The largest absolute Gasteiger partial charge is 0.378 e. The summed E-state index contributed by atoms with van der Waals surface area (Å²) in [7, 11) is 0. The molecule has 1 aliphatic rings. The van der Waals surface area contributed by atoms with Crippen LogP contribution in [-0.4, -0.2) is 11.0 Å². The number of fused-ring (bicyclic) bond motifs is 1. The van der Waals surface area contributed by atoms with E-state index in [9.17, 15) is 18.7 Å². The standard InChI is InChI=1S/C14H8BrF2NO2S/c15-8-4-7-10(18-14(20)13(7)19)5-11(8)21-12-3-6(16)1-2-9(12)17/h1-5,13,19H,(H,18,20). The Labute approximate surface area is 131 Å². The highest BCUT2D eigenvalue weighted by Gasteiger charge is 2.29. The second-order valence-corrected chi connectivity index (χ2v) is 6.38. The van der Waals surface area contributed by atoms with Crippen LogP contribution in [0.5, 0.6) is 0 Å². The van der Waals surface area contributed by atoms with Gasteiger partial charge in [0.05, 0.1) is 4.90 Å². The molecule has 2 N–H and O–H groups in total. The average molecular weight is 372 g/mol. The summed E-state index contributed by atoms with van der Waals surface area (Å²) >= 11 is 4.34. The van der Waals surface area contributed by atoms with Gasteiger partial charge in [0.1, 0.15) is 11.6 Å². The Kier molecular flexibility index (Phi) is 3.73. The van der Waals surface area contributed by atoms with Gasteiger partial charge < -0.3 is 10.4 Å². The predicted molar refractivity (Wildman–Crippen MR) is 78.2 cm³/mol. The van der Waals surface area contributed by atoms with E-state index in [1.807, 2.05) is 0 Å². The van der Waals surface area contributed by atoms with Crippen LogP contribution in [0, 0.1) is 11.6 Å². The number of aliphatic hydroxyl groups excluding tert-OH is 1. The fraction of sp³-hybridized carbons (Fsp3) is 0.0714. The van der Waals surface area contributed by atoms with E-state index in [0.29, 0.717) is 20.6 Å². The summed E-state index contributed by atoms with van der Waals surface area (Å²) in [5, 5.41) is 12.2. The molecule has 1 heterocycles. The molecule has 21 heavy (non-hydrogen) atoms. The first-order valence-corrected chi connectivity index (χ1v) is 7.52. The van der Waals surface area contributed by atoms with Gasteiger partial charge in [-0.3, -0.25) is 4.79 Å². The number of rotatable bonds is 2. The van der Waals surface area contributed by atoms with Gasteiger partial charge in [-0.15, -0.1) is 0 Å². The molecule has 0 aliphatic carbocycles. The molecule has 0 fully saturated rings. The smallest absolute Gasteiger partial charge is 0.257 e. The lowest BCUT2D eigenvalue weighted by molar-refractivity contribution is -0.123. The number of benzene rings is 2. The molecule has 1 amide bonds. The Morgan fingerprint density at radius 1 is 1.19 bits per heavy atom. The third-order valence-corrected chi connectivity index (χ3v) is 5.03. The number of halogens is 3. The van der Waals surface area contributed by atoms with Crippen LogP contribution in [0.2, 0.25) is 0 Å². The number of carbonyl (C=O) groups excluding carboxylic acids is 1. The zero-order valence-electron chi connectivity index (χ0n) is 10.4. The minimum Gasteiger partial charge on any atom is -0.378 e. The molecule has 7 heteroatoms. The van der Waals surface area contributed by atoms with E-state index < -0.39 is 23.6 Å². The van der Waals surface area contributed by atoms with Crippen molar-refractivity contribution in [2.45, 2.75) is 15.9 Å². The van der Waals surface area contributed by atoms with E-state index in [-0.39, 0.29) is 4.90 Å². The van der Waals surface area contributed by atoms with Gasteiger partial charge in [-0.05, 0) is 46.3 Å². The third-order valence-electron chi connectivity index (χ3n) is 3.02. The molecule has 108 valence electrons. The molecule has 3 nitrogen and oxygen atoms in total. The van der Waals surface area contributed by atoms with Gasteiger partial charge in [-0.2, -0.15) is 0 Å². The maximum Gasteiger partial charge on any atom is 0.257 e. The van der Waals surface area contributed by atoms with Gasteiger partial charge in [0.2, 0.25) is 0 Å². The maximum absolute atomic E-state index is 13.7. The van der Waals surface area contributed by atoms with Crippen molar-refractivity contribution < 1.29 is 18.7 Å². The quantitative estimate of drug-likeness (QED) is 0.842. The average Bonchev–Trinajstić information content (AvgIpc) is 2.70. The molecule has 0 saturated carbocycles. The predicted octanol–water partition coefficient (Wildman–Crippen LogP) is 3.86. The number of carbonyl (C=O) groups is 1. The number of anilines is 1. The molecule has 1 atom stereocenters. The lowest BCUT2D eigenvalue weighted by Gasteiger charge is -2.09. The van der Waals surface area contributed by atoms with E-state index in [1.54, 1.807) is 12.1 Å². The molecule has 0 bridgehead atoms. The SMILES string of the molecule is O=C1Nc2cc(Sc3cc(F)ccc3F)c(Br)cc2C1O. The monoisotopic (exact) mass is 371 g/mol. The Balaban J connectivity index is 1.99. The van der Waals surface area contributed by atoms with Crippen LogP contribution in [0.4, 0.5) is 14.5 Å². The molecule has 3 rings (SSSR count). The summed E-state index contributed by atoms with van der Waals surface area (Å²) < 4.78 is 27.5. The molecule has 0 saturated heterocycles. The minimum atomic E-state index is -1.21. The summed E-state index contributed by atoms with van der Waals surface area (Å²) in [6.45, 7) is 0. The molecule has 2 aromatic carbocycles. The van der Waals surface area contributed by atoms with Gasteiger partial charge in [0, 0.05) is 20.6 Å². The van der Waals surface area contributed by atoms with E-state index >= 15 is 0 Å². The molecule has 2 aromatic rings. The first kappa shape index (κ1) is 14.5. The molecule has 1 aliphatic heterocycles.